The van der Waals surface area contributed by atoms with Gasteiger partial charge in [-0.2, -0.15) is 0 Å². The van der Waals surface area contributed by atoms with E-state index in [9.17, 15) is 23.6 Å². The second kappa shape index (κ2) is 8.62. The van der Waals surface area contributed by atoms with E-state index >= 15 is 0 Å². The molecule has 0 bridgehead atoms. The first-order valence-corrected chi connectivity index (χ1v) is 11.4. The molecule has 2 heterocycles. The molecule has 0 radical (unpaired) electrons. The van der Waals surface area contributed by atoms with Gasteiger partial charge >= 0.3 is 0 Å². The highest BCUT2D eigenvalue weighted by molar-refractivity contribution is 8.18. The standard InChI is InChI=1S/C24H24FN3O4S/c1-13-19-16(11-24(2,3)12-17(19)29)27-20(13)21(30)26-8-9-28-22(31)18(33-23(28)32)10-14-6-4-5-7-15(14)25/h4-7,10,27H,8-9,11-12H2,1-3H3,(H,26,30)/b18-10+. The van der Waals surface area contributed by atoms with Gasteiger partial charge < -0.3 is 10.3 Å². The Morgan fingerprint density at radius 3 is 2.70 bits per heavy atom. The number of fused-ring (bicyclic) bond motifs is 1. The van der Waals surface area contributed by atoms with Gasteiger partial charge in [0.1, 0.15) is 11.5 Å². The maximum absolute atomic E-state index is 13.9. The molecule has 2 aromatic rings. The highest BCUT2D eigenvalue weighted by Crippen LogP contribution is 2.37. The number of rotatable bonds is 5. The number of benzene rings is 1. The molecule has 3 amide bonds. The van der Waals surface area contributed by atoms with E-state index in [2.05, 4.69) is 10.3 Å². The molecular weight excluding hydrogens is 445 g/mol. The Morgan fingerprint density at radius 1 is 1.24 bits per heavy atom. The van der Waals surface area contributed by atoms with Crippen molar-refractivity contribution in [3.05, 3.63) is 63.1 Å². The van der Waals surface area contributed by atoms with Gasteiger partial charge in [0, 0.05) is 36.3 Å². The van der Waals surface area contributed by atoms with Crippen LogP contribution in [0.3, 0.4) is 0 Å². The van der Waals surface area contributed by atoms with E-state index in [4.69, 9.17) is 0 Å². The maximum Gasteiger partial charge on any atom is 0.293 e. The normalized spacial score (nSPS) is 18.7. The molecule has 33 heavy (non-hydrogen) atoms. The zero-order chi connectivity index (χ0) is 23.9. The summed E-state index contributed by atoms with van der Waals surface area (Å²) in [5.41, 5.74) is 2.34. The lowest BCUT2D eigenvalue weighted by Crippen LogP contribution is -2.37. The minimum absolute atomic E-state index is 0.0174. The van der Waals surface area contributed by atoms with Crippen LogP contribution in [0.5, 0.6) is 0 Å². The van der Waals surface area contributed by atoms with Crippen molar-refractivity contribution in [1.29, 1.82) is 0 Å². The van der Waals surface area contributed by atoms with Crippen LogP contribution in [-0.2, 0) is 11.2 Å². The molecule has 1 aliphatic heterocycles. The average Bonchev–Trinajstić information content (AvgIpc) is 3.19. The summed E-state index contributed by atoms with van der Waals surface area (Å²) < 4.78 is 13.9. The van der Waals surface area contributed by atoms with Gasteiger partial charge in [0.15, 0.2) is 5.78 Å². The topological polar surface area (TPSA) is 99.3 Å². The molecular formula is C24H24FN3O4S. The van der Waals surface area contributed by atoms with Crippen molar-refractivity contribution >= 4 is 40.7 Å². The van der Waals surface area contributed by atoms with Gasteiger partial charge in [-0.05, 0) is 48.2 Å². The molecule has 7 nitrogen and oxygen atoms in total. The fraction of sp³-hybridized carbons (Fsp3) is 0.333. The summed E-state index contributed by atoms with van der Waals surface area (Å²) in [5.74, 6) is -1.39. The molecule has 1 aromatic heterocycles. The monoisotopic (exact) mass is 469 g/mol. The van der Waals surface area contributed by atoms with Crippen molar-refractivity contribution in [3.8, 4) is 0 Å². The number of aromatic amines is 1. The van der Waals surface area contributed by atoms with Gasteiger partial charge in [-0.15, -0.1) is 0 Å². The SMILES string of the molecule is Cc1c(C(=O)NCCN2C(=O)S/C(=C/c3ccccc3F)C2=O)[nH]c2c1C(=O)CC(C)(C)C2. The van der Waals surface area contributed by atoms with Crippen LogP contribution in [0, 0.1) is 18.2 Å². The van der Waals surface area contributed by atoms with Gasteiger partial charge in [-0.3, -0.25) is 24.1 Å². The summed E-state index contributed by atoms with van der Waals surface area (Å²) in [4.78, 5) is 54.4. The number of hydrogen-bond acceptors (Lipinski definition) is 5. The third-order valence-electron chi connectivity index (χ3n) is 5.81. The first kappa shape index (κ1) is 23.0. The molecule has 0 atom stereocenters. The molecule has 0 unspecified atom stereocenters. The van der Waals surface area contributed by atoms with Crippen molar-refractivity contribution in [2.75, 3.05) is 13.1 Å². The number of carbonyl (C=O) groups excluding carboxylic acids is 4. The predicted molar refractivity (Wildman–Crippen MR) is 123 cm³/mol. The van der Waals surface area contributed by atoms with Crippen molar-refractivity contribution in [1.82, 2.24) is 15.2 Å². The number of ketones is 1. The van der Waals surface area contributed by atoms with Crippen LogP contribution in [0.15, 0.2) is 29.2 Å². The third kappa shape index (κ3) is 4.50. The summed E-state index contributed by atoms with van der Waals surface area (Å²) >= 11 is 0.737. The van der Waals surface area contributed by atoms with Crippen molar-refractivity contribution < 1.29 is 23.6 Å². The largest absolute Gasteiger partial charge is 0.354 e. The molecule has 172 valence electrons. The van der Waals surface area contributed by atoms with Crippen LogP contribution < -0.4 is 5.32 Å². The molecule has 0 spiro atoms. The summed E-state index contributed by atoms with van der Waals surface area (Å²) in [7, 11) is 0. The Morgan fingerprint density at radius 2 is 1.97 bits per heavy atom. The number of halogens is 1. The smallest absolute Gasteiger partial charge is 0.293 e. The van der Waals surface area contributed by atoms with Crippen molar-refractivity contribution in [2.24, 2.45) is 5.41 Å². The molecule has 1 saturated heterocycles. The molecule has 9 heteroatoms. The second-order valence-electron chi connectivity index (χ2n) is 9.03. The Kier molecular flexibility index (Phi) is 6.00. The van der Waals surface area contributed by atoms with Crippen molar-refractivity contribution in [3.63, 3.8) is 0 Å². The summed E-state index contributed by atoms with van der Waals surface area (Å²) in [6, 6.07) is 5.98. The van der Waals surface area contributed by atoms with E-state index in [1.54, 1.807) is 19.1 Å². The van der Waals surface area contributed by atoms with Gasteiger partial charge in [0.05, 0.1) is 4.91 Å². The fourth-order valence-electron chi connectivity index (χ4n) is 4.26. The Labute approximate surface area is 194 Å². The summed E-state index contributed by atoms with van der Waals surface area (Å²) in [6.45, 7) is 5.80. The van der Waals surface area contributed by atoms with Crippen molar-refractivity contribution in [2.45, 2.75) is 33.6 Å². The van der Waals surface area contributed by atoms with E-state index in [-0.39, 0.29) is 34.8 Å². The maximum atomic E-state index is 13.9. The minimum Gasteiger partial charge on any atom is -0.354 e. The van der Waals surface area contributed by atoms with Crippen LogP contribution >= 0.6 is 11.8 Å². The lowest BCUT2D eigenvalue weighted by atomic mass is 9.75. The zero-order valence-electron chi connectivity index (χ0n) is 18.6. The van der Waals surface area contributed by atoms with Gasteiger partial charge in [-0.1, -0.05) is 32.0 Å². The number of amides is 3. The number of hydrogen-bond donors (Lipinski definition) is 2. The number of aromatic nitrogens is 1. The van der Waals surface area contributed by atoms with E-state index in [0.717, 1.165) is 22.4 Å². The highest BCUT2D eigenvalue weighted by Gasteiger charge is 2.36. The van der Waals surface area contributed by atoms with Crippen LogP contribution in [0.25, 0.3) is 6.08 Å². The molecule has 2 aliphatic rings. The molecule has 2 N–H and O–H groups in total. The Bertz CT molecular complexity index is 1210. The summed E-state index contributed by atoms with van der Waals surface area (Å²) in [6.07, 6.45) is 2.46. The first-order valence-electron chi connectivity index (χ1n) is 10.6. The Hall–Kier alpha value is -3.20. The number of Topliss-reactive ketones (excluding diaryl/α,β-unsaturated/α-hetero) is 1. The average molecular weight is 470 g/mol. The molecule has 1 aromatic carbocycles. The van der Waals surface area contributed by atoms with Gasteiger partial charge in [0.25, 0.3) is 17.1 Å². The lowest BCUT2D eigenvalue weighted by Gasteiger charge is -2.28. The molecule has 4 rings (SSSR count). The van der Waals surface area contributed by atoms with Gasteiger partial charge in [0.2, 0.25) is 0 Å². The molecule has 0 saturated carbocycles. The highest BCUT2D eigenvalue weighted by atomic mass is 32.2. The van der Waals surface area contributed by atoms with Crippen LogP contribution in [0.4, 0.5) is 9.18 Å². The lowest BCUT2D eigenvalue weighted by molar-refractivity contribution is -0.122. The van der Waals surface area contributed by atoms with E-state index < -0.39 is 22.9 Å². The number of nitrogens with one attached hydrogen (secondary N) is 2. The van der Waals surface area contributed by atoms with E-state index in [0.29, 0.717) is 29.7 Å². The second-order valence-corrected chi connectivity index (χ2v) is 10.0. The van der Waals surface area contributed by atoms with E-state index in [1.807, 2.05) is 13.8 Å². The van der Waals surface area contributed by atoms with Crippen LogP contribution in [0.1, 0.15) is 57.9 Å². The number of imide groups is 1. The predicted octanol–water partition coefficient (Wildman–Crippen LogP) is 4.08. The number of thioether (sulfide) groups is 1. The van der Waals surface area contributed by atoms with Crippen LogP contribution in [-0.4, -0.2) is 45.8 Å². The quantitative estimate of drug-likeness (QED) is 0.643. The van der Waals surface area contributed by atoms with Gasteiger partial charge in [-0.25, -0.2) is 4.39 Å². The minimum atomic E-state index is -0.526. The molecule has 1 fully saturated rings. The zero-order valence-corrected chi connectivity index (χ0v) is 19.4. The number of nitrogens with zero attached hydrogens (tertiary/aromatic N) is 1. The molecule has 1 aliphatic carbocycles. The number of carbonyl (C=O) groups is 4. The van der Waals surface area contributed by atoms with Crippen LogP contribution in [0.2, 0.25) is 0 Å². The van der Waals surface area contributed by atoms with E-state index in [1.165, 1.54) is 18.2 Å². The third-order valence-corrected chi connectivity index (χ3v) is 6.72. The number of H-pyrrole nitrogens is 1. The Balaban J connectivity index is 1.41. The summed E-state index contributed by atoms with van der Waals surface area (Å²) in [5, 5.41) is 2.23. The fourth-order valence-corrected chi connectivity index (χ4v) is 5.11. The first-order chi connectivity index (χ1) is 15.6.